The maximum atomic E-state index is 13.0. The molecule has 2 atom stereocenters. The molecule has 0 spiro atoms. The molecule has 0 bridgehead atoms. The lowest BCUT2D eigenvalue weighted by molar-refractivity contribution is -0.149. The van der Waals surface area contributed by atoms with Gasteiger partial charge in [0, 0.05) is 16.7 Å². The molecule has 2 amide bonds. The Balaban J connectivity index is 2.10. The maximum Gasteiger partial charge on any atom is 0.269 e. The molecule has 2 aromatic carbocycles. The molecule has 5 N–H and O–H groups in total. The molecule has 0 aromatic heterocycles. The van der Waals surface area contributed by atoms with Gasteiger partial charge in [0.15, 0.2) is 5.60 Å². The van der Waals surface area contributed by atoms with Crippen molar-refractivity contribution in [3.63, 3.8) is 0 Å². The molecule has 0 fully saturated rings. The SMILES string of the molecule is CC(O)(C(F)F)C(NC(=O)c1ccc(C#CC#Cc2ccc(O)cc2)cc1)C(=O)NO. The van der Waals surface area contributed by atoms with Crippen molar-refractivity contribution in [3.05, 3.63) is 65.2 Å². The predicted molar refractivity (Wildman–Crippen MR) is 106 cm³/mol. The molecule has 160 valence electrons. The molecule has 2 rings (SSSR count). The van der Waals surface area contributed by atoms with E-state index in [0.717, 1.165) is 5.48 Å². The molecule has 0 aliphatic heterocycles. The van der Waals surface area contributed by atoms with Crippen LogP contribution in [0.2, 0.25) is 0 Å². The van der Waals surface area contributed by atoms with E-state index in [-0.39, 0.29) is 11.3 Å². The lowest BCUT2D eigenvalue weighted by atomic mass is 9.95. The van der Waals surface area contributed by atoms with E-state index in [1.165, 1.54) is 36.4 Å². The highest BCUT2D eigenvalue weighted by atomic mass is 19.3. The number of amides is 2. The molecule has 31 heavy (non-hydrogen) atoms. The lowest BCUT2D eigenvalue weighted by Crippen LogP contribution is -2.61. The van der Waals surface area contributed by atoms with Gasteiger partial charge in [0.25, 0.3) is 18.2 Å². The first-order chi connectivity index (χ1) is 14.6. The van der Waals surface area contributed by atoms with Gasteiger partial charge in [-0.3, -0.25) is 14.8 Å². The van der Waals surface area contributed by atoms with Gasteiger partial charge in [-0.1, -0.05) is 11.8 Å². The Morgan fingerprint density at radius 2 is 1.45 bits per heavy atom. The summed E-state index contributed by atoms with van der Waals surface area (Å²) >= 11 is 0. The fraction of sp³-hybridized carbons (Fsp3) is 0.182. The molecule has 0 saturated carbocycles. The van der Waals surface area contributed by atoms with Crippen molar-refractivity contribution in [3.8, 4) is 29.4 Å². The van der Waals surface area contributed by atoms with Crippen LogP contribution in [0.5, 0.6) is 5.75 Å². The zero-order valence-electron chi connectivity index (χ0n) is 16.2. The van der Waals surface area contributed by atoms with Gasteiger partial charge < -0.3 is 15.5 Å². The van der Waals surface area contributed by atoms with E-state index >= 15 is 0 Å². The quantitative estimate of drug-likeness (QED) is 0.280. The highest BCUT2D eigenvalue weighted by Gasteiger charge is 2.46. The number of aromatic hydroxyl groups is 1. The lowest BCUT2D eigenvalue weighted by Gasteiger charge is -2.30. The molecule has 2 unspecified atom stereocenters. The summed E-state index contributed by atoms with van der Waals surface area (Å²) in [6.07, 6.45) is -3.37. The number of nitrogens with one attached hydrogen (secondary N) is 2. The summed E-state index contributed by atoms with van der Waals surface area (Å²) in [5.41, 5.74) is -0.571. The molecule has 7 nitrogen and oxygen atoms in total. The minimum atomic E-state index is -3.37. The third-order valence-electron chi connectivity index (χ3n) is 4.16. The summed E-state index contributed by atoms with van der Waals surface area (Å²) in [5.74, 6) is 8.63. The molecule has 0 heterocycles. The highest BCUT2D eigenvalue weighted by Crippen LogP contribution is 2.20. The van der Waals surface area contributed by atoms with Gasteiger partial charge >= 0.3 is 0 Å². The smallest absolute Gasteiger partial charge is 0.269 e. The average Bonchev–Trinajstić information content (AvgIpc) is 2.75. The Hall–Kier alpha value is -3.92. The van der Waals surface area contributed by atoms with Crippen LogP contribution in [0.1, 0.15) is 28.4 Å². The Bertz CT molecular complexity index is 1060. The number of halogens is 2. The monoisotopic (exact) mass is 428 g/mol. The van der Waals surface area contributed by atoms with Crippen molar-refractivity contribution >= 4 is 11.8 Å². The van der Waals surface area contributed by atoms with Crippen molar-refractivity contribution in [1.29, 1.82) is 0 Å². The van der Waals surface area contributed by atoms with Crippen molar-refractivity contribution in [1.82, 2.24) is 10.8 Å². The summed E-state index contributed by atoms with van der Waals surface area (Å²) in [6.45, 7) is 0.662. The molecule has 0 radical (unpaired) electrons. The van der Waals surface area contributed by atoms with Gasteiger partial charge in [-0.05, 0) is 67.3 Å². The van der Waals surface area contributed by atoms with Gasteiger partial charge in [-0.2, -0.15) is 0 Å². The minimum Gasteiger partial charge on any atom is -0.508 e. The summed E-state index contributed by atoms with van der Waals surface area (Å²) in [5, 5.41) is 29.7. The van der Waals surface area contributed by atoms with Crippen LogP contribution in [0.4, 0.5) is 8.78 Å². The van der Waals surface area contributed by atoms with Gasteiger partial charge in [-0.25, -0.2) is 14.3 Å². The summed E-state index contributed by atoms with van der Waals surface area (Å²) < 4.78 is 26.1. The van der Waals surface area contributed by atoms with E-state index in [1.807, 2.05) is 5.32 Å². The zero-order chi connectivity index (χ0) is 23.0. The van der Waals surface area contributed by atoms with E-state index in [4.69, 9.17) is 5.21 Å². The Labute approximate surface area is 176 Å². The van der Waals surface area contributed by atoms with Gasteiger partial charge in [0.1, 0.15) is 11.8 Å². The van der Waals surface area contributed by atoms with Crippen LogP contribution in [0.15, 0.2) is 48.5 Å². The van der Waals surface area contributed by atoms with E-state index in [1.54, 1.807) is 12.1 Å². The molecule has 0 aliphatic rings. The first-order valence-corrected chi connectivity index (χ1v) is 8.81. The van der Waals surface area contributed by atoms with Crippen LogP contribution >= 0.6 is 0 Å². The standard InChI is InChI=1S/C22H18F2N2O5/c1-22(30,21(23)24)18(20(29)26-31)25-19(28)16-10-6-14(7-11-16)4-2-3-5-15-8-12-17(27)13-9-15/h6-13,18,21,27,30-31H,1H3,(H,25,28)(H,26,29). The fourth-order valence-electron chi connectivity index (χ4n) is 2.34. The number of phenols is 1. The molecule has 9 heteroatoms. The highest BCUT2D eigenvalue weighted by molar-refractivity contribution is 5.97. The van der Waals surface area contributed by atoms with E-state index < -0.39 is 29.9 Å². The van der Waals surface area contributed by atoms with E-state index in [2.05, 4.69) is 23.7 Å². The molecule has 0 aliphatic carbocycles. The molecule has 2 aromatic rings. The molecular formula is C22H18F2N2O5. The number of hydrogen-bond acceptors (Lipinski definition) is 5. The maximum absolute atomic E-state index is 13.0. The number of aliphatic hydroxyl groups is 1. The Morgan fingerprint density at radius 3 is 1.90 bits per heavy atom. The van der Waals surface area contributed by atoms with Crippen molar-refractivity contribution < 1.29 is 33.8 Å². The second-order valence-electron chi connectivity index (χ2n) is 6.53. The van der Waals surface area contributed by atoms with Crippen LogP contribution in [0, 0.1) is 23.7 Å². The normalized spacial score (nSPS) is 13.0. The second-order valence-corrected chi connectivity index (χ2v) is 6.53. The Morgan fingerprint density at radius 1 is 0.968 bits per heavy atom. The van der Waals surface area contributed by atoms with E-state index in [9.17, 15) is 28.6 Å². The minimum absolute atomic E-state index is 0.0153. The Kier molecular flexibility index (Phi) is 7.70. The number of phenolic OH excluding ortho intramolecular Hbond substituents is 1. The van der Waals surface area contributed by atoms with Crippen LogP contribution < -0.4 is 10.8 Å². The fourth-order valence-corrected chi connectivity index (χ4v) is 2.34. The summed E-state index contributed by atoms with van der Waals surface area (Å²) in [6, 6.07) is 9.82. The van der Waals surface area contributed by atoms with E-state index in [0.29, 0.717) is 18.1 Å². The average molecular weight is 428 g/mol. The van der Waals surface area contributed by atoms with Crippen LogP contribution in [0.3, 0.4) is 0 Å². The number of carbonyl (C=O) groups excluding carboxylic acids is 2. The van der Waals surface area contributed by atoms with Gasteiger partial charge in [0.2, 0.25) is 0 Å². The molecule has 0 saturated heterocycles. The number of rotatable bonds is 5. The van der Waals surface area contributed by atoms with Crippen molar-refractivity contribution in [2.75, 3.05) is 0 Å². The zero-order valence-corrected chi connectivity index (χ0v) is 16.2. The topological polar surface area (TPSA) is 119 Å². The second kappa shape index (κ2) is 10.2. The number of carbonyl (C=O) groups is 2. The van der Waals surface area contributed by atoms with Gasteiger partial charge in [-0.15, -0.1) is 0 Å². The number of alkyl halides is 2. The van der Waals surface area contributed by atoms with Crippen molar-refractivity contribution in [2.24, 2.45) is 0 Å². The van der Waals surface area contributed by atoms with Crippen LogP contribution in [0.25, 0.3) is 0 Å². The number of hydroxylamine groups is 1. The molecular weight excluding hydrogens is 410 g/mol. The third kappa shape index (κ3) is 6.28. The number of benzene rings is 2. The summed E-state index contributed by atoms with van der Waals surface area (Å²) in [7, 11) is 0. The number of hydrogen-bond donors (Lipinski definition) is 5. The predicted octanol–water partition coefficient (Wildman–Crippen LogP) is 1.42. The van der Waals surface area contributed by atoms with Crippen LogP contribution in [-0.4, -0.2) is 45.3 Å². The van der Waals surface area contributed by atoms with Gasteiger partial charge in [0.05, 0.1) is 0 Å². The van der Waals surface area contributed by atoms with Crippen molar-refractivity contribution in [2.45, 2.75) is 25.0 Å². The summed E-state index contributed by atoms with van der Waals surface area (Å²) in [4.78, 5) is 23.9. The van der Waals surface area contributed by atoms with Crippen LogP contribution in [-0.2, 0) is 4.79 Å². The largest absolute Gasteiger partial charge is 0.508 e. The first-order valence-electron chi connectivity index (χ1n) is 8.81. The first kappa shape index (κ1) is 23.4. The third-order valence-corrected chi connectivity index (χ3v) is 4.16.